The topological polar surface area (TPSA) is 70.7 Å². The van der Waals surface area contributed by atoms with E-state index in [2.05, 4.69) is 40.8 Å². The number of amides is 1. The lowest BCUT2D eigenvalue weighted by atomic mass is 9.95. The minimum absolute atomic E-state index is 0.0424. The number of anilines is 1. The molecule has 1 saturated carbocycles. The molecule has 0 saturated heterocycles. The van der Waals surface area contributed by atoms with E-state index < -0.39 is 0 Å². The molecule has 5 heteroatoms. The van der Waals surface area contributed by atoms with Gasteiger partial charge < -0.3 is 5.32 Å². The van der Waals surface area contributed by atoms with Crippen LogP contribution in [-0.2, 0) is 23.2 Å². The highest BCUT2D eigenvalue weighted by Crippen LogP contribution is 2.61. The molecule has 0 radical (unpaired) electrons. The summed E-state index contributed by atoms with van der Waals surface area (Å²) in [5, 5.41) is 16.2. The minimum atomic E-state index is 0.0424. The Balaban J connectivity index is 1.51. The molecule has 1 heterocycles. The second-order valence-electron chi connectivity index (χ2n) is 6.86. The molecule has 0 aliphatic heterocycles. The van der Waals surface area contributed by atoms with Crippen LogP contribution in [0, 0.1) is 24.2 Å². The van der Waals surface area contributed by atoms with Crippen molar-refractivity contribution in [1.29, 1.82) is 5.26 Å². The van der Waals surface area contributed by atoms with Crippen molar-refractivity contribution in [1.82, 2.24) is 9.78 Å². The van der Waals surface area contributed by atoms with Crippen molar-refractivity contribution >= 4 is 11.7 Å². The van der Waals surface area contributed by atoms with Crippen molar-refractivity contribution in [2.24, 2.45) is 5.92 Å². The zero-order valence-electron chi connectivity index (χ0n) is 13.7. The zero-order chi connectivity index (χ0) is 16.7. The number of nitrogens with one attached hydrogen (secondary N) is 1. The van der Waals surface area contributed by atoms with Gasteiger partial charge in [-0.1, -0.05) is 24.3 Å². The summed E-state index contributed by atoms with van der Waals surface area (Å²) >= 11 is 0. The van der Waals surface area contributed by atoms with Crippen LogP contribution in [0.15, 0.2) is 30.3 Å². The number of benzene rings is 1. The van der Waals surface area contributed by atoms with Gasteiger partial charge in [-0.05, 0) is 37.3 Å². The third kappa shape index (κ3) is 2.30. The average Bonchev–Trinajstić information content (AvgIpc) is 3.06. The first-order chi connectivity index (χ1) is 11.6. The van der Waals surface area contributed by atoms with E-state index in [1.165, 1.54) is 11.1 Å². The maximum absolute atomic E-state index is 12.8. The van der Waals surface area contributed by atoms with Crippen LogP contribution in [0.2, 0.25) is 0 Å². The van der Waals surface area contributed by atoms with E-state index in [4.69, 9.17) is 5.26 Å². The second-order valence-corrected chi connectivity index (χ2v) is 6.86. The molecule has 1 aromatic heterocycles. The molecular formula is C19H20N4O. The highest BCUT2D eigenvalue weighted by molar-refractivity contribution is 5.95. The van der Waals surface area contributed by atoms with Crippen LogP contribution >= 0.6 is 0 Å². The van der Waals surface area contributed by atoms with E-state index in [9.17, 15) is 4.79 Å². The molecule has 24 heavy (non-hydrogen) atoms. The number of nitriles is 1. The zero-order valence-corrected chi connectivity index (χ0v) is 13.7. The van der Waals surface area contributed by atoms with Crippen molar-refractivity contribution in [2.45, 2.75) is 44.6 Å². The van der Waals surface area contributed by atoms with Crippen LogP contribution in [0.4, 0.5) is 5.82 Å². The van der Waals surface area contributed by atoms with Crippen LogP contribution in [0.1, 0.15) is 36.1 Å². The summed E-state index contributed by atoms with van der Waals surface area (Å²) in [6.07, 6.45) is 3.45. The Labute approximate surface area is 141 Å². The first kappa shape index (κ1) is 14.9. The Morgan fingerprint density at radius 1 is 1.50 bits per heavy atom. The van der Waals surface area contributed by atoms with Crippen LogP contribution < -0.4 is 5.32 Å². The van der Waals surface area contributed by atoms with Crippen molar-refractivity contribution in [3.63, 3.8) is 0 Å². The van der Waals surface area contributed by atoms with Crippen LogP contribution in [0.3, 0.4) is 0 Å². The molecular weight excluding hydrogens is 300 g/mol. The summed E-state index contributed by atoms with van der Waals surface area (Å²) in [7, 11) is 0. The fraction of sp³-hybridized carbons (Fsp3) is 0.421. The van der Waals surface area contributed by atoms with Gasteiger partial charge in [0.05, 0.1) is 24.7 Å². The Hall–Kier alpha value is -2.61. The molecule has 5 nitrogen and oxygen atoms in total. The lowest BCUT2D eigenvalue weighted by Gasteiger charge is -2.12. The maximum Gasteiger partial charge on any atom is 0.229 e. The van der Waals surface area contributed by atoms with E-state index in [0.717, 1.165) is 25.0 Å². The maximum atomic E-state index is 12.8. The fourth-order valence-corrected chi connectivity index (χ4v) is 4.13. The van der Waals surface area contributed by atoms with Crippen LogP contribution in [0.5, 0.6) is 0 Å². The fourth-order valence-electron chi connectivity index (χ4n) is 4.13. The second kappa shape index (κ2) is 5.48. The monoisotopic (exact) mass is 320 g/mol. The van der Waals surface area contributed by atoms with Gasteiger partial charge in [0.15, 0.2) is 0 Å². The summed E-state index contributed by atoms with van der Waals surface area (Å²) in [5.74, 6) is 0.812. The average molecular weight is 320 g/mol. The third-order valence-corrected chi connectivity index (χ3v) is 5.37. The number of aryl methyl sites for hydroxylation is 3. The Morgan fingerprint density at radius 2 is 2.33 bits per heavy atom. The molecule has 2 atom stereocenters. The van der Waals surface area contributed by atoms with Gasteiger partial charge in [-0.25, -0.2) is 4.68 Å². The highest BCUT2D eigenvalue weighted by atomic mass is 16.2. The van der Waals surface area contributed by atoms with Crippen LogP contribution in [0.25, 0.3) is 0 Å². The molecule has 2 aliphatic carbocycles. The predicted molar refractivity (Wildman–Crippen MR) is 90.4 cm³/mol. The molecule has 1 fully saturated rings. The molecule has 0 unspecified atom stereocenters. The van der Waals surface area contributed by atoms with E-state index in [1.54, 1.807) is 4.68 Å². The summed E-state index contributed by atoms with van der Waals surface area (Å²) in [4.78, 5) is 12.8. The summed E-state index contributed by atoms with van der Waals surface area (Å²) < 4.78 is 1.72. The molecule has 122 valence electrons. The minimum Gasteiger partial charge on any atom is -0.311 e. The molecule has 1 amide bonds. The Morgan fingerprint density at radius 3 is 3.17 bits per heavy atom. The van der Waals surface area contributed by atoms with Crippen molar-refractivity contribution in [3.05, 3.63) is 47.2 Å². The van der Waals surface area contributed by atoms with Gasteiger partial charge in [-0.3, -0.25) is 4.79 Å². The van der Waals surface area contributed by atoms with Crippen molar-refractivity contribution in [2.75, 3.05) is 5.32 Å². The molecule has 1 aromatic carbocycles. The number of rotatable bonds is 4. The number of aromatic nitrogens is 2. The van der Waals surface area contributed by atoms with Gasteiger partial charge in [0.25, 0.3) is 0 Å². The van der Waals surface area contributed by atoms with Gasteiger partial charge in [-0.2, -0.15) is 10.4 Å². The lowest BCUT2D eigenvalue weighted by Crippen LogP contribution is -2.21. The Kier molecular flexibility index (Phi) is 3.42. The van der Waals surface area contributed by atoms with Crippen molar-refractivity contribution < 1.29 is 4.79 Å². The van der Waals surface area contributed by atoms with Crippen molar-refractivity contribution in [3.8, 4) is 6.07 Å². The van der Waals surface area contributed by atoms with E-state index >= 15 is 0 Å². The summed E-state index contributed by atoms with van der Waals surface area (Å²) in [6, 6.07) is 12.5. The number of hydrogen-bond donors (Lipinski definition) is 1. The number of hydrogen-bond acceptors (Lipinski definition) is 3. The van der Waals surface area contributed by atoms with E-state index in [1.807, 2.05) is 13.0 Å². The lowest BCUT2D eigenvalue weighted by molar-refractivity contribution is -0.117. The quantitative estimate of drug-likeness (QED) is 0.941. The number of fused-ring (bicyclic) bond motifs is 2. The predicted octanol–water partition coefficient (Wildman–Crippen LogP) is 2.95. The Bertz CT molecular complexity index is 847. The smallest absolute Gasteiger partial charge is 0.229 e. The number of carbonyl (C=O) groups is 1. The van der Waals surface area contributed by atoms with E-state index in [-0.39, 0.29) is 17.2 Å². The van der Waals surface area contributed by atoms with Gasteiger partial charge in [0.1, 0.15) is 5.82 Å². The first-order valence-corrected chi connectivity index (χ1v) is 8.45. The van der Waals surface area contributed by atoms with Gasteiger partial charge >= 0.3 is 0 Å². The highest BCUT2D eigenvalue weighted by Gasteiger charge is 2.61. The normalized spacial score (nSPS) is 23.8. The standard InChI is InChI=1S/C19H20N4O/c1-13-11-17(23(22-13)10-4-9-20)21-18(24)16-12-19(16)8-7-14-5-2-3-6-15(14)19/h2-3,5-6,11,16H,4,7-8,10,12H2,1H3,(H,21,24)/t16-,19-/m0/s1. The summed E-state index contributed by atoms with van der Waals surface area (Å²) in [5.41, 5.74) is 3.65. The number of nitrogens with zero attached hydrogens (tertiary/aromatic N) is 3. The van der Waals surface area contributed by atoms with E-state index in [0.29, 0.717) is 18.8 Å². The SMILES string of the molecule is Cc1cc(NC(=O)[C@@H]2C[C@]23CCc2ccccc23)n(CCC#N)n1. The van der Waals surface area contributed by atoms with Crippen LogP contribution in [-0.4, -0.2) is 15.7 Å². The molecule has 1 N–H and O–H groups in total. The van der Waals surface area contributed by atoms with Gasteiger partial charge in [-0.15, -0.1) is 0 Å². The molecule has 4 rings (SSSR count). The molecule has 2 aromatic rings. The van der Waals surface area contributed by atoms with Gasteiger partial charge in [0.2, 0.25) is 5.91 Å². The first-order valence-electron chi connectivity index (χ1n) is 8.45. The molecule has 1 spiro atoms. The summed E-state index contributed by atoms with van der Waals surface area (Å²) in [6.45, 7) is 2.39. The van der Waals surface area contributed by atoms with Gasteiger partial charge in [0, 0.05) is 17.4 Å². The largest absolute Gasteiger partial charge is 0.311 e. The molecule has 2 aliphatic rings. The third-order valence-electron chi connectivity index (χ3n) is 5.37. The number of carbonyl (C=O) groups excluding carboxylic acids is 1. The molecule has 0 bridgehead atoms.